The van der Waals surface area contributed by atoms with E-state index in [1.165, 1.54) is 16.6 Å². The fourth-order valence-corrected chi connectivity index (χ4v) is 3.93. The zero-order valence-electron chi connectivity index (χ0n) is 19.1. The molecule has 0 spiro atoms. The molecule has 3 aromatic rings. The number of amides is 1. The lowest BCUT2D eigenvalue weighted by Crippen LogP contribution is -2.23. The van der Waals surface area contributed by atoms with Crippen molar-refractivity contribution in [3.05, 3.63) is 59.4 Å². The summed E-state index contributed by atoms with van der Waals surface area (Å²) >= 11 is 0. The van der Waals surface area contributed by atoms with E-state index in [-0.39, 0.29) is 5.91 Å². The average molecular weight is 422 g/mol. The Morgan fingerprint density at radius 3 is 2.55 bits per heavy atom. The smallest absolute Gasteiger partial charge is 0.219 e. The molecule has 5 nitrogen and oxygen atoms in total. The second-order valence-corrected chi connectivity index (χ2v) is 8.11. The first-order chi connectivity index (χ1) is 15.1. The number of para-hydroxylation sites is 3. The van der Waals surface area contributed by atoms with Crippen molar-refractivity contribution >= 4 is 16.9 Å². The van der Waals surface area contributed by atoms with Gasteiger partial charge in [-0.15, -0.1) is 0 Å². The zero-order valence-corrected chi connectivity index (χ0v) is 19.1. The minimum absolute atomic E-state index is 0.130. The number of imidazole rings is 1. The van der Waals surface area contributed by atoms with Crippen molar-refractivity contribution < 1.29 is 9.53 Å². The van der Waals surface area contributed by atoms with E-state index in [1.807, 2.05) is 13.0 Å². The molecule has 1 aromatic heterocycles. The van der Waals surface area contributed by atoms with Crippen LogP contribution in [0.1, 0.15) is 56.0 Å². The summed E-state index contributed by atoms with van der Waals surface area (Å²) < 4.78 is 8.45. The number of aryl methyl sites for hydroxylation is 4. The van der Waals surface area contributed by atoms with Crippen LogP contribution in [0.25, 0.3) is 11.0 Å². The number of rotatable bonds is 12. The Kier molecular flexibility index (Phi) is 8.51. The minimum atomic E-state index is 0.130. The van der Waals surface area contributed by atoms with E-state index in [0.717, 1.165) is 62.3 Å². The molecule has 2 aromatic carbocycles. The Bertz CT molecular complexity index is 973. The Balaban J connectivity index is 1.54. The predicted octanol–water partition coefficient (Wildman–Crippen LogP) is 5.36. The lowest BCUT2D eigenvalue weighted by Gasteiger charge is -2.13. The molecule has 1 amide bonds. The van der Waals surface area contributed by atoms with Gasteiger partial charge in [-0.3, -0.25) is 4.79 Å². The number of hydrogen-bond donors (Lipinski definition) is 1. The number of nitrogens with zero attached hydrogens (tertiary/aromatic N) is 2. The van der Waals surface area contributed by atoms with Crippen LogP contribution in [0.15, 0.2) is 42.5 Å². The maximum absolute atomic E-state index is 11.3. The van der Waals surface area contributed by atoms with Gasteiger partial charge < -0.3 is 14.6 Å². The van der Waals surface area contributed by atoms with Crippen molar-refractivity contribution in [1.29, 1.82) is 0 Å². The molecule has 0 aliphatic carbocycles. The highest BCUT2D eigenvalue weighted by atomic mass is 16.5. The van der Waals surface area contributed by atoms with Crippen LogP contribution in [0.5, 0.6) is 5.75 Å². The molecule has 0 fully saturated rings. The van der Waals surface area contributed by atoms with Gasteiger partial charge in [0.25, 0.3) is 0 Å². The van der Waals surface area contributed by atoms with Crippen LogP contribution in [0, 0.1) is 13.8 Å². The van der Waals surface area contributed by atoms with Crippen molar-refractivity contribution in [3.8, 4) is 5.75 Å². The van der Waals surface area contributed by atoms with Crippen molar-refractivity contribution in [2.24, 2.45) is 0 Å². The average Bonchev–Trinajstić information content (AvgIpc) is 3.12. The van der Waals surface area contributed by atoms with E-state index in [1.54, 1.807) is 0 Å². The minimum Gasteiger partial charge on any atom is -0.493 e. The van der Waals surface area contributed by atoms with Crippen molar-refractivity contribution in [1.82, 2.24) is 14.9 Å². The molecule has 0 aliphatic heterocycles. The van der Waals surface area contributed by atoms with E-state index < -0.39 is 0 Å². The first kappa shape index (κ1) is 22.9. The first-order valence-corrected chi connectivity index (χ1v) is 11.5. The topological polar surface area (TPSA) is 56.2 Å². The van der Waals surface area contributed by atoms with Gasteiger partial charge in [0.05, 0.1) is 17.6 Å². The van der Waals surface area contributed by atoms with Crippen molar-refractivity contribution in [2.45, 2.75) is 65.8 Å². The monoisotopic (exact) mass is 421 g/mol. The fraction of sp³-hybridized carbons (Fsp3) is 0.462. The van der Waals surface area contributed by atoms with Gasteiger partial charge in [-0.2, -0.15) is 0 Å². The summed E-state index contributed by atoms with van der Waals surface area (Å²) in [5.41, 5.74) is 4.62. The second kappa shape index (κ2) is 11.5. The fourth-order valence-electron chi connectivity index (χ4n) is 3.93. The molecule has 0 atom stereocenters. The predicted molar refractivity (Wildman–Crippen MR) is 127 cm³/mol. The molecule has 31 heavy (non-hydrogen) atoms. The molecule has 5 heteroatoms. The van der Waals surface area contributed by atoms with Gasteiger partial charge in [-0.1, -0.05) is 43.7 Å². The molecule has 3 rings (SSSR count). The molecule has 1 heterocycles. The number of aromatic nitrogens is 2. The van der Waals surface area contributed by atoms with Gasteiger partial charge in [-0.25, -0.2) is 4.98 Å². The molecule has 0 saturated carbocycles. The Labute approximate surface area is 185 Å². The summed E-state index contributed by atoms with van der Waals surface area (Å²) in [6.45, 7) is 8.42. The highest BCUT2D eigenvalue weighted by molar-refractivity contribution is 5.76. The number of benzene rings is 2. The molecule has 0 aliphatic rings. The van der Waals surface area contributed by atoms with Gasteiger partial charge in [0.2, 0.25) is 5.91 Å². The van der Waals surface area contributed by atoms with Gasteiger partial charge in [0.15, 0.2) is 0 Å². The third kappa shape index (κ3) is 6.33. The van der Waals surface area contributed by atoms with Crippen LogP contribution in [0.2, 0.25) is 0 Å². The van der Waals surface area contributed by atoms with E-state index in [0.29, 0.717) is 13.0 Å². The third-order valence-electron chi connectivity index (χ3n) is 5.64. The molecule has 0 saturated heterocycles. The lowest BCUT2D eigenvalue weighted by atomic mass is 10.1. The summed E-state index contributed by atoms with van der Waals surface area (Å²) in [6, 6.07) is 14.6. The van der Waals surface area contributed by atoms with E-state index in [2.05, 4.69) is 60.1 Å². The molecular weight excluding hydrogens is 386 g/mol. The van der Waals surface area contributed by atoms with E-state index in [4.69, 9.17) is 9.72 Å². The first-order valence-electron chi connectivity index (χ1n) is 11.5. The quantitative estimate of drug-likeness (QED) is 0.401. The van der Waals surface area contributed by atoms with Crippen LogP contribution in [-0.4, -0.2) is 28.6 Å². The number of nitrogens with one attached hydrogen (secondary N) is 1. The van der Waals surface area contributed by atoms with E-state index >= 15 is 0 Å². The van der Waals surface area contributed by atoms with Gasteiger partial charge in [-0.05, 0) is 56.4 Å². The summed E-state index contributed by atoms with van der Waals surface area (Å²) in [6.07, 6.45) is 5.61. The molecule has 0 bridgehead atoms. The molecule has 1 N–H and O–H groups in total. The number of unbranched alkanes of at least 4 members (excludes halogenated alkanes) is 2. The highest BCUT2D eigenvalue weighted by Gasteiger charge is 2.10. The Morgan fingerprint density at radius 2 is 1.77 bits per heavy atom. The number of hydrogen-bond acceptors (Lipinski definition) is 3. The Hall–Kier alpha value is -2.82. The third-order valence-corrected chi connectivity index (χ3v) is 5.64. The van der Waals surface area contributed by atoms with Crippen LogP contribution in [-0.2, 0) is 17.8 Å². The standard InChI is InChI=1S/C26H35N3O2/c1-4-25(30)27-17-9-5-6-16-24-28-22-14-7-8-15-23(22)29(24)18-11-19-31-26-20(2)12-10-13-21(26)3/h7-8,10,12-15H,4-6,9,11,16-19H2,1-3H3,(H,27,30). The van der Waals surface area contributed by atoms with Crippen LogP contribution in [0.3, 0.4) is 0 Å². The largest absolute Gasteiger partial charge is 0.493 e. The SMILES string of the molecule is CCC(=O)NCCCCCc1nc2ccccc2n1CCCOc1c(C)cccc1C. The van der Waals surface area contributed by atoms with Gasteiger partial charge >= 0.3 is 0 Å². The summed E-state index contributed by atoms with van der Waals surface area (Å²) in [5, 5.41) is 2.95. The summed E-state index contributed by atoms with van der Waals surface area (Å²) in [7, 11) is 0. The molecule has 0 radical (unpaired) electrons. The van der Waals surface area contributed by atoms with E-state index in [9.17, 15) is 4.79 Å². The van der Waals surface area contributed by atoms with Crippen LogP contribution in [0.4, 0.5) is 0 Å². The summed E-state index contributed by atoms with van der Waals surface area (Å²) in [5.74, 6) is 2.28. The summed E-state index contributed by atoms with van der Waals surface area (Å²) in [4.78, 5) is 16.2. The van der Waals surface area contributed by atoms with Gasteiger partial charge in [0, 0.05) is 25.9 Å². The molecule has 166 valence electrons. The van der Waals surface area contributed by atoms with Crippen LogP contribution < -0.4 is 10.1 Å². The van der Waals surface area contributed by atoms with Crippen molar-refractivity contribution in [3.63, 3.8) is 0 Å². The number of fused-ring (bicyclic) bond motifs is 1. The highest BCUT2D eigenvalue weighted by Crippen LogP contribution is 2.23. The number of ether oxygens (including phenoxy) is 1. The lowest BCUT2D eigenvalue weighted by molar-refractivity contribution is -0.120. The number of carbonyl (C=O) groups excluding carboxylic acids is 1. The van der Waals surface area contributed by atoms with Crippen LogP contribution >= 0.6 is 0 Å². The Morgan fingerprint density at radius 1 is 1.00 bits per heavy atom. The van der Waals surface area contributed by atoms with Crippen molar-refractivity contribution in [2.75, 3.05) is 13.2 Å². The maximum Gasteiger partial charge on any atom is 0.219 e. The van der Waals surface area contributed by atoms with Gasteiger partial charge in [0.1, 0.15) is 11.6 Å². The molecular formula is C26H35N3O2. The zero-order chi connectivity index (χ0) is 22.1. The maximum atomic E-state index is 11.3. The molecule has 0 unspecified atom stereocenters. The second-order valence-electron chi connectivity index (χ2n) is 8.11. The number of carbonyl (C=O) groups is 1. The normalized spacial score (nSPS) is 11.1.